The molecule has 11 heteroatoms. The van der Waals surface area contributed by atoms with Gasteiger partial charge in [0.25, 0.3) is 5.91 Å². The number of pyridine rings is 2. The molecule has 4 rings (SSSR count). The number of hydrogen-bond donors (Lipinski definition) is 1. The Labute approximate surface area is 176 Å². The van der Waals surface area contributed by atoms with E-state index in [1.807, 2.05) is 6.92 Å². The third-order valence-electron chi connectivity index (χ3n) is 5.30. The second kappa shape index (κ2) is 8.32. The number of carbonyl (C=O) groups is 1. The van der Waals surface area contributed by atoms with Crippen molar-refractivity contribution in [2.75, 3.05) is 11.9 Å². The molecule has 0 aromatic carbocycles. The van der Waals surface area contributed by atoms with Crippen molar-refractivity contribution in [2.45, 2.75) is 38.0 Å². The van der Waals surface area contributed by atoms with E-state index in [0.29, 0.717) is 18.1 Å². The SMILES string of the molecule is C[C@H]1C(Nc2ccc(C(F)(F)F)cn2)CCCN1C(=O)c1ncccc1-n1nccn1. The van der Waals surface area contributed by atoms with Crippen LogP contribution in [0.15, 0.2) is 49.1 Å². The number of amides is 1. The summed E-state index contributed by atoms with van der Waals surface area (Å²) in [5.41, 5.74) is -0.0931. The number of piperidine rings is 1. The van der Waals surface area contributed by atoms with Gasteiger partial charge in [-0.25, -0.2) is 9.97 Å². The van der Waals surface area contributed by atoms with E-state index < -0.39 is 11.7 Å². The zero-order valence-electron chi connectivity index (χ0n) is 16.6. The normalized spacial score (nSPS) is 19.3. The fourth-order valence-corrected chi connectivity index (χ4v) is 3.66. The summed E-state index contributed by atoms with van der Waals surface area (Å²) in [6.45, 7) is 2.44. The molecular formula is C20H20F3N7O. The second-order valence-corrected chi connectivity index (χ2v) is 7.25. The molecule has 3 aromatic rings. The predicted octanol–water partition coefficient (Wildman–Crippen LogP) is 3.18. The molecular weight excluding hydrogens is 411 g/mol. The van der Waals surface area contributed by atoms with Gasteiger partial charge in [0.05, 0.1) is 18.0 Å². The Bertz CT molecular complexity index is 1040. The molecule has 1 fully saturated rings. The molecule has 1 saturated heterocycles. The third-order valence-corrected chi connectivity index (χ3v) is 5.30. The van der Waals surface area contributed by atoms with Crippen molar-refractivity contribution in [3.05, 3.63) is 60.3 Å². The number of carbonyl (C=O) groups excluding carboxylic acids is 1. The first kappa shape index (κ1) is 20.8. The number of halogens is 3. The van der Waals surface area contributed by atoms with Gasteiger partial charge in [-0.3, -0.25) is 4.79 Å². The molecule has 4 heterocycles. The fourth-order valence-electron chi connectivity index (χ4n) is 3.66. The van der Waals surface area contributed by atoms with Gasteiger partial charge in [0.15, 0.2) is 5.69 Å². The van der Waals surface area contributed by atoms with Crippen molar-refractivity contribution in [1.82, 2.24) is 29.9 Å². The van der Waals surface area contributed by atoms with Gasteiger partial charge in [-0.05, 0) is 44.0 Å². The van der Waals surface area contributed by atoms with Crippen LogP contribution in [0.5, 0.6) is 0 Å². The molecule has 0 bridgehead atoms. The van der Waals surface area contributed by atoms with E-state index in [1.165, 1.54) is 29.5 Å². The number of aromatic nitrogens is 5. The number of alkyl halides is 3. The largest absolute Gasteiger partial charge is 0.417 e. The van der Waals surface area contributed by atoms with Gasteiger partial charge in [0, 0.05) is 31.0 Å². The molecule has 31 heavy (non-hydrogen) atoms. The maximum atomic E-state index is 13.3. The molecule has 0 aliphatic carbocycles. The minimum Gasteiger partial charge on any atom is -0.365 e. The lowest BCUT2D eigenvalue weighted by molar-refractivity contribution is -0.137. The van der Waals surface area contributed by atoms with Crippen LogP contribution < -0.4 is 5.32 Å². The highest BCUT2D eigenvalue weighted by Gasteiger charge is 2.34. The van der Waals surface area contributed by atoms with Crippen LogP contribution in [0.25, 0.3) is 5.69 Å². The van der Waals surface area contributed by atoms with Gasteiger partial charge < -0.3 is 10.2 Å². The van der Waals surface area contributed by atoms with Crippen molar-refractivity contribution in [2.24, 2.45) is 0 Å². The van der Waals surface area contributed by atoms with Crippen LogP contribution in [0.2, 0.25) is 0 Å². The summed E-state index contributed by atoms with van der Waals surface area (Å²) in [6, 6.07) is 5.31. The van der Waals surface area contributed by atoms with Crippen LogP contribution in [0, 0.1) is 0 Å². The Kier molecular flexibility index (Phi) is 5.57. The first-order chi connectivity index (χ1) is 14.8. The number of rotatable bonds is 4. The highest BCUT2D eigenvalue weighted by Crippen LogP contribution is 2.29. The molecule has 8 nitrogen and oxygen atoms in total. The maximum Gasteiger partial charge on any atom is 0.417 e. The lowest BCUT2D eigenvalue weighted by atomic mass is 9.96. The number of anilines is 1. The van der Waals surface area contributed by atoms with Crippen molar-refractivity contribution in [3.63, 3.8) is 0 Å². The molecule has 1 aliphatic rings. The first-order valence-corrected chi connectivity index (χ1v) is 9.77. The van der Waals surface area contributed by atoms with Crippen LogP contribution in [0.3, 0.4) is 0 Å². The van der Waals surface area contributed by atoms with Gasteiger partial charge in [0.1, 0.15) is 11.5 Å². The van der Waals surface area contributed by atoms with Gasteiger partial charge in [-0.1, -0.05) is 0 Å². The Hall–Kier alpha value is -3.50. The second-order valence-electron chi connectivity index (χ2n) is 7.25. The molecule has 1 aliphatic heterocycles. The lowest BCUT2D eigenvalue weighted by Gasteiger charge is -2.40. The van der Waals surface area contributed by atoms with Gasteiger partial charge >= 0.3 is 6.18 Å². The Morgan fingerprint density at radius 3 is 2.58 bits per heavy atom. The van der Waals surface area contributed by atoms with Crippen LogP contribution in [0.1, 0.15) is 35.8 Å². The number of likely N-dealkylation sites (tertiary alicyclic amines) is 1. The number of nitrogens with zero attached hydrogens (tertiary/aromatic N) is 6. The molecule has 162 valence electrons. The molecule has 3 aromatic heterocycles. The summed E-state index contributed by atoms with van der Waals surface area (Å²) in [5.74, 6) is 0.0747. The monoisotopic (exact) mass is 431 g/mol. The minimum absolute atomic E-state index is 0.170. The van der Waals surface area contributed by atoms with Crippen molar-refractivity contribution >= 4 is 11.7 Å². The lowest BCUT2D eigenvalue weighted by Crippen LogP contribution is -2.52. The standard InChI is InChI=1S/C20H20F3N7O/c1-13-15(28-17-7-6-14(12-25-17)20(21,22)23)4-3-11-29(13)19(31)18-16(5-2-8-24-18)30-26-9-10-27-30/h2,5-10,12-13,15H,3-4,11H2,1H3,(H,25,28)/t13-,15?/m0/s1. The van der Waals surface area contributed by atoms with Gasteiger partial charge in [-0.15, -0.1) is 4.80 Å². The average Bonchev–Trinajstić information content (AvgIpc) is 3.29. The van der Waals surface area contributed by atoms with Gasteiger partial charge in [-0.2, -0.15) is 23.4 Å². The van der Waals surface area contributed by atoms with E-state index in [4.69, 9.17) is 0 Å². The zero-order chi connectivity index (χ0) is 22.0. The Morgan fingerprint density at radius 2 is 1.90 bits per heavy atom. The number of nitrogens with one attached hydrogen (secondary N) is 1. The molecule has 0 saturated carbocycles. The van der Waals surface area contributed by atoms with Crippen LogP contribution in [-0.4, -0.2) is 54.4 Å². The van der Waals surface area contributed by atoms with Crippen LogP contribution in [0.4, 0.5) is 19.0 Å². The van der Waals surface area contributed by atoms with Gasteiger partial charge in [0.2, 0.25) is 0 Å². The van der Waals surface area contributed by atoms with E-state index in [1.54, 1.807) is 17.0 Å². The zero-order valence-corrected chi connectivity index (χ0v) is 16.6. The van der Waals surface area contributed by atoms with E-state index in [-0.39, 0.29) is 23.7 Å². The first-order valence-electron chi connectivity index (χ1n) is 9.77. The third kappa shape index (κ3) is 4.35. The number of hydrogen-bond acceptors (Lipinski definition) is 6. The van der Waals surface area contributed by atoms with Crippen LogP contribution >= 0.6 is 0 Å². The quantitative estimate of drug-likeness (QED) is 0.683. The van der Waals surface area contributed by atoms with E-state index in [2.05, 4.69) is 25.5 Å². The highest BCUT2D eigenvalue weighted by molar-refractivity contribution is 5.96. The summed E-state index contributed by atoms with van der Waals surface area (Å²) >= 11 is 0. The maximum absolute atomic E-state index is 13.3. The average molecular weight is 431 g/mol. The van der Waals surface area contributed by atoms with Crippen molar-refractivity contribution in [3.8, 4) is 5.69 Å². The Morgan fingerprint density at radius 1 is 1.13 bits per heavy atom. The fraction of sp³-hybridized carbons (Fsp3) is 0.350. The molecule has 1 unspecified atom stereocenters. The smallest absolute Gasteiger partial charge is 0.365 e. The molecule has 0 radical (unpaired) electrons. The predicted molar refractivity (Wildman–Crippen MR) is 106 cm³/mol. The summed E-state index contributed by atoms with van der Waals surface area (Å²) in [6.07, 6.45) is 2.42. The summed E-state index contributed by atoms with van der Waals surface area (Å²) in [5, 5.41) is 11.3. The van der Waals surface area contributed by atoms with E-state index >= 15 is 0 Å². The molecule has 2 atom stereocenters. The molecule has 0 spiro atoms. The summed E-state index contributed by atoms with van der Waals surface area (Å²) < 4.78 is 38.3. The molecule has 1 amide bonds. The topological polar surface area (TPSA) is 88.8 Å². The van der Waals surface area contributed by atoms with Crippen LogP contribution in [-0.2, 0) is 6.18 Å². The summed E-state index contributed by atoms with van der Waals surface area (Å²) in [7, 11) is 0. The van der Waals surface area contributed by atoms with E-state index in [0.717, 1.165) is 25.1 Å². The minimum atomic E-state index is -4.43. The molecule has 1 N–H and O–H groups in total. The van der Waals surface area contributed by atoms with Crippen molar-refractivity contribution in [1.29, 1.82) is 0 Å². The Balaban J connectivity index is 1.52. The van der Waals surface area contributed by atoms with Crippen molar-refractivity contribution < 1.29 is 18.0 Å². The van der Waals surface area contributed by atoms with E-state index in [9.17, 15) is 18.0 Å². The highest BCUT2D eigenvalue weighted by atomic mass is 19.4. The summed E-state index contributed by atoms with van der Waals surface area (Å²) in [4.78, 5) is 24.5.